The highest BCUT2D eigenvalue weighted by Gasteiger charge is 2.56. The van der Waals surface area contributed by atoms with Crippen molar-refractivity contribution < 1.29 is 14.3 Å². The van der Waals surface area contributed by atoms with Crippen molar-refractivity contribution in [1.82, 2.24) is 4.90 Å². The van der Waals surface area contributed by atoms with Gasteiger partial charge in [-0.3, -0.25) is 4.79 Å². The maximum absolute atomic E-state index is 13.5. The minimum Gasteiger partial charge on any atom is -0.454 e. The Balaban J connectivity index is 1.36. The van der Waals surface area contributed by atoms with E-state index >= 15 is 0 Å². The third-order valence-electron chi connectivity index (χ3n) is 7.03. The molecule has 4 aliphatic rings. The lowest BCUT2D eigenvalue weighted by Gasteiger charge is -2.35. The van der Waals surface area contributed by atoms with E-state index in [9.17, 15) is 4.79 Å². The van der Waals surface area contributed by atoms with Gasteiger partial charge in [0, 0.05) is 18.5 Å². The van der Waals surface area contributed by atoms with Crippen LogP contribution in [0, 0.1) is 17.8 Å². The maximum atomic E-state index is 13.5. The fourth-order valence-corrected chi connectivity index (χ4v) is 5.57. The molecule has 0 N–H and O–H groups in total. The predicted molar refractivity (Wildman–Crippen MR) is 98.9 cm³/mol. The fourth-order valence-electron chi connectivity index (χ4n) is 5.57. The van der Waals surface area contributed by atoms with Gasteiger partial charge in [-0.05, 0) is 55.2 Å². The predicted octanol–water partition coefficient (Wildman–Crippen LogP) is 4.51. The van der Waals surface area contributed by atoms with Crippen LogP contribution in [-0.4, -0.2) is 23.6 Å². The summed E-state index contributed by atoms with van der Waals surface area (Å²) in [6.07, 6.45) is 11.3. The van der Waals surface area contributed by atoms with Crippen LogP contribution in [0.2, 0.25) is 0 Å². The topological polar surface area (TPSA) is 38.8 Å². The molecule has 0 bridgehead atoms. The van der Waals surface area contributed by atoms with Crippen LogP contribution >= 0.6 is 0 Å². The number of carbonyl (C=O) groups excluding carboxylic acids is 1. The van der Waals surface area contributed by atoms with Gasteiger partial charge in [-0.1, -0.05) is 38.2 Å². The summed E-state index contributed by atoms with van der Waals surface area (Å²) in [4.78, 5) is 15.7. The quantitative estimate of drug-likeness (QED) is 0.797. The number of nitrogens with zero attached hydrogens (tertiary/aromatic N) is 1. The molecule has 3 fully saturated rings. The first kappa shape index (κ1) is 16.5. The molecule has 3 aliphatic carbocycles. The Morgan fingerprint density at radius 3 is 2.38 bits per heavy atom. The zero-order valence-electron chi connectivity index (χ0n) is 15.5. The van der Waals surface area contributed by atoms with Crippen LogP contribution in [0.15, 0.2) is 18.2 Å². The van der Waals surface area contributed by atoms with Crippen LogP contribution < -0.4 is 9.47 Å². The van der Waals surface area contributed by atoms with Crippen LogP contribution in [0.1, 0.15) is 63.4 Å². The Hall–Kier alpha value is -1.71. The van der Waals surface area contributed by atoms with Gasteiger partial charge in [-0.2, -0.15) is 0 Å². The molecule has 5 rings (SSSR count). The van der Waals surface area contributed by atoms with Gasteiger partial charge in [0.2, 0.25) is 12.7 Å². The standard InChI is InChI=1S/C22H29NO3/c24-22(21-17-8-4-5-9-18(17)21)23(16-6-2-1-3-7-16)13-15-10-11-19-20(12-15)26-14-25-19/h10-12,16-18,21H,1-9,13-14H2/t17-,18+,21?. The van der Waals surface area contributed by atoms with Crippen molar-refractivity contribution in [2.45, 2.75) is 70.4 Å². The molecule has 0 spiro atoms. The molecule has 1 aromatic carbocycles. The van der Waals surface area contributed by atoms with Gasteiger partial charge in [-0.25, -0.2) is 0 Å². The molecule has 1 aromatic rings. The average molecular weight is 355 g/mol. The lowest BCUT2D eigenvalue weighted by Crippen LogP contribution is -2.42. The summed E-state index contributed by atoms with van der Waals surface area (Å²) in [5.74, 6) is 3.74. The third kappa shape index (κ3) is 2.97. The van der Waals surface area contributed by atoms with E-state index in [-0.39, 0.29) is 0 Å². The van der Waals surface area contributed by atoms with E-state index in [1.54, 1.807) is 0 Å². The van der Waals surface area contributed by atoms with Gasteiger partial charge in [0.1, 0.15) is 0 Å². The molecular weight excluding hydrogens is 326 g/mol. The van der Waals surface area contributed by atoms with Crippen LogP contribution in [0.25, 0.3) is 0 Å². The van der Waals surface area contributed by atoms with Gasteiger partial charge in [0.25, 0.3) is 0 Å². The zero-order chi connectivity index (χ0) is 17.5. The van der Waals surface area contributed by atoms with Crippen molar-refractivity contribution in [3.8, 4) is 11.5 Å². The van der Waals surface area contributed by atoms with Crippen LogP contribution in [0.5, 0.6) is 11.5 Å². The number of carbonyl (C=O) groups is 1. The van der Waals surface area contributed by atoms with Crippen molar-refractivity contribution >= 4 is 5.91 Å². The lowest BCUT2D eigenvalue weighted by molar-refractivity contribution is -0.137. The number of hydrogen-bond donors (Lipinski definition) is 0. The second kappa shape index (κ2) is 6.79. The summed E-state index contributed by atoms with van der Waals surface area (Å²) < 4.78 is 11.0. The van der Waals surface area contributed by atoms with Gasteiger partial charge in [-0.15, -0.1) is 0 Å². The Bertz CT molecular complexity index is 670. The Labute approximate surface area is 155 Å². The average Bonchev–Trinajstić information content (AvgIpc) is 3.23. The first-order valence-electron chi connectivity index (χ1n) is 10.5. The molecular formula is C22H29NO3. The summed E-state index contributed by atoms with van der Waals surface area (Å²) in [5.41, 5.74) is 1.16. The van der Waals surface area contributed by atoms with E-state index in [1.807, 2.05) is 6.07 Å². The summed E-state index contributed by atoms with van der Waals surface area (Å²) >= 11 is 0. The van der Waals surface area contributed by atoms with Crippen molar-refractivity contribution in [3.05, 3.63) is 23.8 Å². The van der Waals surface area contributed by atoms with Gasteiger partial charge in [0.05, 0.1) is 0 Å². The highest BCUT2D eigenvalue weighted by atomic mass is 16.7. The number of amides is 1. The zero-order valence-corrected chi connectivity index (χ0v) is 15.5. The Morgan fingerprint density at radius 1 is 0.923 bits per heavy atom. The number of benzene rings is 1. The van der Waals surface area contributed by atoms with Crippen molar-refractivity contribution in [3.63, 3.8) is 0 Å². The summed E-state index contributed by atoms with van der Waals surface area (Å²) in [5, 5.41) is 0. The van der Waals surface area contributed by atoms with Crippen molar-refractivity contribution in [2.75, 3.05) is 6.79 Å². The second-order valence-corrected chi connectivity index (χ2v) is 8.58. The summed E-state index contributed by atoms with van der Waals surface area (Å²) in [6.45, 7) is 1.02. The molecule has 3 atom stereocenters. The van der Waals surface area contributed by atoms with Crippen LogP contribution in [0.4, 0.5) is 0 Å². The lowest BCUT2D eigenvalue weighted by atomic mass is 9.93. The molecule has 26 heavy (non-hydrogen) atoms. The van der Waals surface area contributed by atoms with Gasteiger partial charge in [0.15, 0.2) is 11.5 Å². The summed E-state index contributed by atoms with van der Waals surface area (Å²) in [6, 6.07) is 6.56. The van der Waals surface area contributed by atoms with E-state index < -0.39 is 0 Å². The number of ether oxygens (including phenoxy) is 2. The first-order valence-corrected chi connectivity index (χ1v) is 10.5. The van der Waals surface area contributed by atoms with Crippen LogP contribution in [-0.2, 0) is 11.3 Å². The van der Waals surface area contributed by atoms with E-state index in [0.29, 0.717) is 36.5 Å². The number of rotatable bonds is 4. The van der Waals surface area contributed by atoms with E-state index in [4.69, 9.17) is 9.47 Å². The fraction of sp³-hybridized carbons (Fsp3) is 0.682. The van der Waals surface area contributed by atoms with E-state index in [1.165, 1.54) is 57.8 Å². The van der Waals surface area contributed by atoms with Gasteiger partial charge >= 0.3 is 0 Å². The minimum atomic E-state index is 0.301. The second-order valence-electron chi connectivity index (χ2n) is 8.58. The molecule has 0 saturated heterocycles. The molecule has 0 radical (unpaired) electrons. The van der Waals surface area contributed by atoms with Gasteiger partial charge < -0.3 is 14.4 Å². The molecule has 0 aromatic heterocycles. The normalized spacial score (nSPS) is 29.9. The van der Waals surface area contributed by atoms with E-state index in [0.717, 1.165) is 23.6 Å². The van der Waals surface area contributed by atoms with Crippen LogP contribution in [0.3, 0.4) is 0 Å². The molecule has 1 aliphatic heterocycles. The smallest absolute Gasteiger partial charge is 0.231 e. The van der Waals surface area contributed by atoms with Crippen molar-refractivity contribution in [1.29, 1.82) is 0 Å². The Kier molecular flexibility index (Phi) is 4.30. The molecule has 1 heterocycles. The van der Waals surface area contributed by atoms with Crippen molar-refractivity contribution in [2.24, 2.45) is 17.8 Å². The molecule has 1 unspecified atom stereocenters. The number of hydrogen-bond acceptors (Lipinski definition) is 3. The molecule has 3 saturated carbocycles. The highest BCUT2D eigenvalue weighted by molar-refractivity contribution is 5.82. The number of fused-ring (bicyclic) bond motifs is 2. The molecule has 4 heteroatoms. The molecule has 140 valence electrons. The van der Waals surface area contributed by atoms with E-state index in [2.05, 4.69) is 17.0 Å². The monoisotopic (exact) mass is 355 g/mol. The molecule has 4 nitrogen and oxygen atoms in total. The minimum absolute atomic E-state index is 0.301. The third-order valence-corrected chi connectivity index (χ3v) is 7.03. The Morgan fingerprint density at radius 2 is 1.62 bits per heavy atom. The summed E-state index contributed by atoms with van der Waals surface area (Å²) in [7, 11) is 0. The SMILES string of the molecule is O=C(C1[C@H]2CCCC[C@@H]12)N(Cc1ccc2c(c1)OCO2)C1CCCCC1. The molecule has 1 amide bonds. The first-order chi connectivity index (χ1) is 12.8. The highest BCUT2D eigenvalue weighted by Crippen LogP contribution is 2.56. The maximum Gasteiger partial charge on any atom is 0.231 e. The largest absolute Gasteiger partial charge is 0.454 e.